The first kappa shape index (κ1) is 20.9. The van der Waals surface area contributed by atoms with Crippen LogP contribution in [-0.2, 0) is 9.59 Å². The van der Waals surface area contributed by atoms with Gasteiger partial charge in [0, 0.05) is 60.6 Å². The standard InChI is InChI=1S/C22H24BrN3O3/c1-16(27)25-11-13-26(14-12-25)20-7-5-19(6-8-20)24-22(28)10-3-17-15-18(23)4-9-21(17)29-2/h3-10,15H,11-14H2,1-2H3,(H,24,28). The molecule has 1 fully saturated rings. The van der Waals surface area contributed by atoms with Gasteiger partial charge in [-0.3, -0.25) is 9.59 Å². The molecule has 2 amide bonds. The molecule has 1 heterocycles. The highest BCUT2D eigenvalue weighted by molar-refractivity contribution is 9.10. The normalized spacial score (nSPS) is 14.2. The van der Waals surface area contributed by atoms with E-state index in [0.717, 1.165) is 47.6 Å². The molecule has 6 nitrogen and oxygen atoms in total. The van der Waals surface area contributed by atoms with E-state index in [4.69, 9.17) is 4.74 Å². The molecule has 2 aromatic rings. The van der Waals surface area contributed by atoms with Crippen molar-refractivity contribution in [2.75, 3.05) is 43.5 Å². The summed E-state index contributed by atoms with van der Waals surface area (Å²) in [6, 6.07) is 13.4. The van der Waals surface area contributed by atoms with Gasteiger partial charge in [-0.05, 0) is 48.5 Å². The molecule has 152 valence electrons. The second kappa shape index (κ2) is 9.60. The number of carbonyl (C=O) groups excluding carboxylic acids is 2. The van der Waals surface area contributed by atoms with Crippen molar-refractivity contribution < 1.29 is 14.3 Å². The van der Waals surface area contributed by atoms with Crippen molar-refractivity contribution in [3.8, 4) is 5.75 Å². The molecule has 1 aliphatic heterocycles. The van der Waals surface area contributed by atoms with Crippen molar-refractivity contribution in [3.05, 3.63) is 58.6 Å². The monoisotopic (exact) mass is 457 g/mol. The van der Waals surface area contributed by atoms with E-state index in [1.807, 2.05) is 47.4 Å². The van der Waals surface area contributed by atoms with Crippen molar-refractivity contribution in [1.29, 1.82) is 0 Å². The molecular formula is C22H24BrN3O3. The number of hydrogen-bond acceptors (Lipinski definition) is 4. The maximum Gasteiger partial charge on any atom is 0.248 e. The fourth-order valence-electron chi connectivity index (χ4n) is 3.22. The third-order valence-electron chi connectivity index (χ3n) is 4.83. The Bertz CT molecular complexity index is 904. The number of nitrogens with one attached hydrogen (secondary N) is 1. The molecule has 0 bridgehead atoms. The van der Waals surface area contributed by atoms with Gasteiger partial charge in [0.1, 0.15) is 5.75 Å². The minimum Gasteiger partial charge on any atom is -0.496 e. The van der Waals surface area contributed by atoms with E-state index in [1.165, 1.54) is 6.08 Å². The van der Waals surface area contributed by atoms with E-state index >= 15 is 0 Å². The van der Waals surface area contributed by atoms with Gasteiger partial charge in [-0.1, -0.05) is 15.9 Å². The highest BCUT2D eigenvalue weighted by Gasteiger charge is 2.18. The van der Waals surface area contributed by atoms with Gasteiger partial charge < -0.3 is 19.9 Å². The Morgan fingerprint density at radius 1 is 1.07 bits per heavy atom. The quantitative estimate of drug-likeness (QED) is 0.693. The molecule has 0 unspecified atom stereocenters. The van der Waals surface area contributed by atoms with Crippen LogP contribution in [0.25, 0.3) is 6.08 Å². The summed E-state index contributed by atoms with van der Waals surface area (Å²) in [6.45, 7) is 4.69. The fraction of sp³-hybridized carbons (Fsp3) is 0.273. The summed E-state index contributed by atoms with van der Waals surface area (Å²) >= 11 is 3.42. The summed E-state index contributed by atoms with van der Waals surface area (Å²) in [5.41, 5.74) is 2.63. The predicted molar refractivity (Wildman–Crippen MR) is 119 cm³/mol. The van der Waals surface area contributed by atoms with Crippen LogP contribution in [0.1, 0.15) is 12.5 Å². The number of halogens is 1. The molecule has 7 heteroatoms. The lowest BCUT2D eigenvalue weighted by molar-refractivity contribution is -0.129. The molecule has 1 saturated heterocycles. The minimum absolute atomic E-state index is 0.122. The second-order valence-corrected chi connectivity index (χ2v) is 7.66. The Morgan fingerprint density at radius 2 is 1.76 bits per heavy atom. The Labute approximate surface area is 179 Å². The Kier molecular flexibility index (Phi) is 6.93. The Balaban J connectivity index is 1.58. The summed E-state index contributed by atoms with van der Waals surface area (Å²) in [5.74, 6) is 0.609. The third-order valence-corrected chi connectivity index (χ3v) is 5.32. The summed E-state index contributed by atoms with van der Waals surface area (Å²) < 4.78 is 6.23. The van der Waals surface area contributed by atoms with Gasteiger partial charge in [0.15, 0.2) is 0 Å². The molecule has 1 N–H and O–H groups in total. The van der Waals surface area contributed by atoms with Crippen molar-refractivity contribution in [2.24, 2.45) is 0 Å². The Morgan fingerprint density at radius 3 is 2.38 bits per heavy atom. The lowest BCUT2D eigenvalue weighted by atomic mass is 10.2. The number of carbonyl (C=O) groups is 2. The third kappa shape index (κ3) is 5.60. The number of anilines is 2. The summed E-state index contributed by atoms with van der Waals surface area (Å²) in [4.78, 5) is 27.8. The number of piperazine rings is 1. The van der Waals surface area contributed by atoms with Crippen LogP contribution in [-0.4, -0.2) is 50.0 Å². The molecule has 2 aromatic carbocycles. The lowest BCUT2D eigenvalue weighted by Gasteiger charge is -2.35. The van der Waals surface area contributed by atoms with E-state index in [0.29, 0.717) is 5.75 Å². The van der Waals surface area contributed by atoms with E-state index in [9.17, 15) is 9.59 Å². The number of hydrogen-bond donors (Lipinski definition) is 1. The summed E-state index contributed by atoms with van der Waals surface area (Å²) in [6.07, 6.45) is 3.21. The average Bonchev–Trinajstić information content (AvgIpc) is 2.73. The molecule has 1 aliphatic rings. The van der Waals surface area contributed by atoms with Crippen LogP contribution < -0.4 is 15.0 Å². The van der Waals surface area contributed by atoms with Gasteiger partial charge >= 0.3 is 0 Å². The van der Waals surface area contributed by atoms with Crippen molar-refractivity contribution in [1.82, 2.24) is 4.90 Å². The van der Waals surface area contributed by atoms with Crippen LogP contribution >= 0.6 is 15.9 Å². The van der Waals surface area contributed by atoms with Crippen LogP contribution in [0, 0.1) is 0 Å². The first-order valence-electron chi connectivity index (χ1n) is 9.39. The number of rotatable bonds is 5. The zero-order valence-electron chi connectivity index (χ0n) is 16.5. The van der Waals surface area contributed by atoms with Crippen molar-refractivity contribution in [3.63, 3.8) is 0 Å². The Hall–Kier alpha value is -2.80. The van der Waals surface area contributed by atoms with E-state index in [-0.39, 0.29) is 11.8 Å². The molecule has 29 heavy (non-hydrogen) atoms. The number of amides is 2. The molecule has 0 radical (unpaired) electrons. The average molecular weight is 458 g/mol. The highest BCUT2D eigenvalue weighted by atomic mass is 79.9. The molecule has 0 spiro atoms. The smallest absolute Gasteiger partial charge is 0.248 e. The zero-order chi connectivity index (χ0) is 20.8. The molecule has 0 atom stereocenters. The second-order valence-electron chi connectivity index (χ2n) is 6.75. The fourth-order valence-corrected chi connectivity index (χ4v) is 3.60. The molecule has 0 aromatic heterocycles. The van der Waals surface area contributed by atoms with E-state index < -0.39 is 0 Å². The molecule has 0 aliphatic carbocycles. The van der Waals surface area contributed by atoms with Crippen LogP contribution in [0.3, 0.4) is 0 Å². The highest BCUT2D eigenvalue weighted by Crippen LogP contribution is 2.24. The minimum atomic E-state index is -0.213. The number of nitrogens with zero attached hydrogens (tertiary/aromatic N) is 2. The SMILES string of the molecule is COc1ccc(Br)cc1C=CC(=O)Nc1ccc(N2CCN(C(C)=O)CC2)cc1. The zero-order valence-corrected chi connectivity index (χ0v) is 18.1. The largest absolute Gasteiger partial charge is 0.496 e. The van der Waals surface area contributed by atoms with Gasteiger partial charge in [0.25, 0.3) is 0 Å². The van der Waals surface area contributed by atoms with E-state index in [2.05, 4.69) is 26.1 Å². The van der Waals surface area contributed by atoms with Crippen LogP contribution in [0.4, 0.5) is 11.4 Å². The van der Waals surface area contributed by atoms with Gasteiger partial charge in [0.05, 0.1) is 7.11 Å². The first-order valence-corrected chi connectivity index (χ1v) is 10.2. The van der Waals surface area contributed by atoms with Crippen molar-refractivity contribution >= 4 is 45.2 Å². The molecule has 3 rings (SSSR count). The lowest BCUT2D eigenvalue weighted by Crippen LogP contribution is -2.48. The predicted octanol–water partition coefficient (Wildman–Crippen LogP) is 3.78. The van der Waals surface area contributed by atoms with E-state index in [1.54, 1.807) is 20.1 Å². The molecular weight excluding hydrogens is 434 g/mol. The summed E-state index contributed by atoms with van der Waals surface area (Å²) in [5, 5.41) is 2.87. The topological polar surface area (TPSA) is 61.9 Å². The number of ether oxygens (including phenoxy) is 1. The van der Waals surface area contributed by atoms with Gasteiger partial charge in [-0.25, -0.2) is 0 Å². The van der Waals surface area contributed by atoms with Crippen LogP contribution in [0.5, 0.6) is 5.75 Å². The maximum atomic E-state index is 12.3. The van der Waals surface area contributed by atoms with Gasteiger partial charge in [-0.15, -0.1) is 0 Å². The molecule has 0 saturated carbocycles. The number of methoxy groups -OCH3 is 1. The summed E-state index contributed by atoms with van der Waals surface area (Å²) in [7, 11) is 1.60. The maximum absolute atomic E-state index is 12.3. The van der Waals surface area contributed by atoms with Crippen molar-refractivity contribution in [2.45, 2.75) is 6.92 Å². The first-order chi connectivity index (χ1) is 14.0. The number of benzene rings is 2. The van der Waals surface area contributed by atoms with Crippen LogP contribution in [0.15, 0.2) is 53.0 Å². The van der Waals surface area contributed by atoms with Gasteiger partial charge in [-0.2, -0.15) is 0 Å². The van der Waals surface area contributed by atoms with Crippen LogP contribution in [0.2, 0.25) is 0 Å². The van der Waals surface area contributed by atoms with Gasteiger partial charge in [0.2, 0.25) is 11.8 Å².